The molecule has 0 spiro atoms. The van der Waals surface area contributed by atoms with Gasteiger partial charge in [0, 0.05) is 5.39 Å². The van der Waals surface area contributed by atoms with E-state index in [9.17, 15) is 14.6 Å². The van der Waals surface area contributed by atoms with E-state index in [4.69, 9.17) is 4.42 Å². The van der Waals surface area contributed by atoms with Gasteiger partial charge in [-0.1, -0.05) is 12.1 Å². The normalized spacial score (nSPS) is 16.7. The molecule has 2 rings (SSSR count). The van der Waals surface area contributed by atoms with E-state index in [1.165, 1.54) is 6.26 Å². The van der Waals surface area contributed by atoms with Gasteiger partial charge in [0.05, 0.1) is 18.9 Å². The summed E-state index contributed by atoms with van der Waals surface area (Å²) in [6.45, 7) is -1.36. The third-order valence-electron chi connectivity index (χ3n) is 3.27. The molecule has 3 N–H and O–H groups in total. The number of benzene rings is 1. The number of furan rings is 1. The standard InChI is InChI=1S/C13H16FNO3/c1-15-12(7-16)13(17,8-14)10-3-2-9-4-5-18-11(9)6-10/h2-6,12,15-17H,7-8H2,1H3. The van der Waals surface area contributed by atoms with E-state index in [1.807, 2.05) is 0 Å². The average molecular weight is 253 g/mol. The third kappa shape index (κ3) is 2.01. The van der Waals surface area contributed by atoms with Gasteiger partial charge in [0.2, 0.25) is 0 Å². The third-order valence-corrected chi connectivity index (χ3v) is 3.27. The smallest absolute Gasteiger partial charge is 0.135 e. The number of fused-ring (bicyclic) bond motifs is 1. The summed E-state index contributed by atoms with van der Waals surface area (Å²) in [5.74, 6) is 0. The Hall–Kier alpha value is -1.43. The summed E-state index contributed by atoms with van der Waals surface area (Å²) in [6.07, 6.45) is 1.53. The van der Waals surface area contributed by atoms with Crippen LogP contribution in [0.1, 0.15) is 5.56 Å². The number of alkyl halides is 1. The lowest BCUT2D eigenvalue weighted by atomic mass is 9.87. The van der Waals surface area contributed by atoms with Gasteiger partial charge in [-0.3, -0.25) is 0 Å². The Labute approximate surface area is 104 Å². The number of aliphatic hydroxyl groups is 2. The predicted octanol–water partition coefficient (Wildman–Crippen LogP) is 1.17. The molecule has 0 aliphatic carbocycles. The second-order valence-corrected chi connectivity index (χ2v) is 4.25. The van der Waals surface area contributed by atoms with Gasteiger partial charge in [0.1, 0.15) is 17.9 Å². The highest BCUT2D eigenvalue weighted by Crippen LogP contribution is 2.29. The van der Waals surface area contributed by atoms with Crippen LogP contribution < -0.4 is 5.32 Å². The van der Waals surface area contributed by atoms with Crippen LogP contribution >= 0.6 is 0 Å². The molecule has 0 bridgehead atoms. The lowest BCUT2D eigenvalue weighted by Gasteiger charge is -2.33. The van der Waals surface area contributed by atoms with Crippen LogP contribution in [0, 0.1) is 0 Å². The van der Waals surface area contributed by atoms with Crippen molar-refractivity contribution >= 4 is 11.0 Å². The van der Waals surface area contributed by atoms with Crippen LogP contribution in [0.15, 0.2) is 34.9 Å². The van der Waals surface area contributed by atoms with Crippen LogP contribution in [-0.4, -0.2) is 36.6 Å². The fourth-order valence-corrected chi connectivity index (χ4v) is 2.08. The molecule has 1 aromatic carbocycles. The summed E-state index contributed by atoms with van der Waals surface area (Å²) in [7, 11) is 1.56. The maximum absolute atomic E-state index is 13.2. The minimum absolute atomic E-state index is 0.368. The molecule has 0 fully saturated rings. The summed E-state index contributed by atoms with van der Waals surface area (Å²) in [5, 5.41) is 23.2. The van der Waals surface area contributed by atoms with Gasteiger partial charge in [0.15, 0.2) is 0 Å². The van der Waals surface area contributed by atoms with Crippen molar-refractivity contribution in [1.82, 2.24) is 5.32 Å². The first-order chi connectivity index (χ1) is 8.65. The molecule has 98 valence electrons. The number of halogens is 1. The Morgan fingerprint density at radius 1 is 1.44 bits per heavy atom. The van der Waals surface area contributed by atoms with E-state index in [0.717, 1.165) is 5.39 Å². The van der Waals surface area contributed by atoms with Gasteiger partial charge < -0.3 is 19.9 Å². The SMILES string of the molecule is CNC(CO)C(O)(CF)c1ccc2ccoc2c1. The molecule has 4 nitrogen and oxygen atoms in total. The minimum Gasteiger partial charge on any atom is -0.464 e. The van der Waals surface area contributed by atoms with Crippen LogP contribution in [0.5, 0.6) is 0 Å². The zero-order chi connectivity index (χ0) is 13.2. The average Bonchev–Trinajstić information content (AvgIpc) is 2.86. The lowest BCUT2D eigenvalue weighted by Crippen LogP contribution is -2.51. The van der Waals surface area contributed by atoms with Crippen molar-refractivity contribution < 1.29 is 19.0 Å². The summed E-state index contributed by atoms with van der Waals surface area (Å²) < 4.78 is 18.5. The largest absolute Gasteiger partial charge is 0.464 e. The summed E-state index contributed by atoms with van der Waals surface area (Å²) in [5.41, 5.74) is -0.821. The number of hydrogen-bond acceptors (Lipinski definition) is 4. The van der Waals surface area contributed by atoms with Crippen LogP contribution in [0.3, 0.4) is 0 Å². The molecule has 1 heterocycles. The second-order valence-electron chi connectivity index (χ2n) is 4.25. The van der Waals surface area contributed by atoms with E-state index < -0.39 is 18.3 Å². The number of rotatable bonds is 5. The highest BCUT2D eigenvalue weighted by Gasteiger charge is 2.38. The highest BCUT2D eigenvalue weighted by molar-refractivity contribution is 5.77. The zero-order valence-electron chi connectivity index (χ0n) is 10.1. The van der Waals surface area contributed by atoms with Crippen molar-refractivity contribution in [2.45, 2.75) is 11.6 Å². The first-order valence-electron chi connectivity index (χ1n) is 5.70. The van der Waals surface area contributed by atoms with E-state index >= 15 is 0 Å². The van der Waals surface area contributed by atoms with Crippen molar-refractivity contribution in [2.75, 3.05) is 20.3 Å². The molecule has 1 aromatic heterocycles. The van der Waals surface area contributed by atoms with Crippen molar-refractivity contribution in [3.63, 3.8) is 0 Å². The lowest BCUT2D eigenvalue weighted by molar-refractivity contribution is -0.0386. The molecule has 2 aromatic rings. The fourth-order valence-electron chi connectivity index (χ4n) is 2.08. The molecule has 0 radical (unpaired) electrons. The van der Waals surface area contributed by atoms with Crippen molar-refractivity contribution in [1.29, 1.82) is 0 Å². The maximum atomic E-state index is 13.2. The van der Waals surface area contributed by atoms with Crippen molar-refractivity contribution in [3.8, 4) is 0 Å². The molecular weight excluding hydrogens is 237 g/mol. The molecule has 0 amide bonds. The topological polar surface area (TPSA) is 65.6 Å². The Kier molecular flexibility index (Phi) is 3.65. The van der Waals surface area contributed by atoms with E-state index in [2.05, 4.69) is 5.32 Å². The monoisotopic (exact) mass is 253 g/mol. The quantitative estimate of drug-likeness (QED) is 0.748. The second kappa shape index (κ2) is 5.06. The Morgan fingerprint density at radius 3 is 2.83 bits per heavy atom. The highest BCUT2D eigenvalue weighted by atomic mass is 19.1. The summed E-state index contributed by atoms with van der Waals surface area (Å²) >= 11 is 0. The Bertz CT molecular complexity index is 524. The fraction of sp³-hybridized carbons (Fsp3) is 0.385. The van der Waals surface area contributed by atoms with Crippen molar-refractivity contribution in [2.24, 2.45) is 0 Å². The van der Waals surface area contributed by atoms with Crippen molar-refractivity contribution in [3.05, 3.63) is 36.1 Å². The van der Waals surface area contributed by atoms with E-state index in [-0.39, 0.29) is 6.61 Å². The molecule has 0 saturated carbocycles. The van der Waals surface area contributed by atoms with Gasteiger partial charge in [-0.25, -0.2) is 4.39 Å². The van der Waals surface area contributed by atoms with Crippen LogP contribution in [0.2, 0.25) is 0 Å². The molecule has 0 aliphatic rings. The van der Waals surface area contributed by atoms with Crippen LogP contribution in [-0.2, 0) is 5.60 Å². The molecular formula is C13H16FNO3. The first-order valence-corrected chi connectivity index (χ1v) is 5.70. The van der Waals surface area contributed by atoms with Gasteiger partial charge >= 0.3 is 0 Å². The molecule has 2 atom stereocenters. The molecule has 5 heteroatoms. The van der Waals surface area contributed by atoms with Gasteiger partial charge in [-0.15, -0.1) is 0 Å². The maximum Gasteiger partial charge on any atom is 0.135 e. The first kappa shape index (κ1) is 13.0. The van der Waals surface area contributed by atoms with Gasteiger partial charge in [-0.05, 0) is 24.7 Å². The van der Waals surface area contributed by atoms with Gasteiger partial charge in [-0.2, -0.15) is 0 Å². The number of hydrogen-bond donors (Lipinski definition) is 3. The summed E-state index contributed by atoms with van der Waals surface area (Å²) in [4.78, 5) is 0. The predicted molar refractivity (Wildman–Crippen MR) is 66.0 cm³/mol. The minimum atomic E-state index is -1.77. The van der Waals surface area contributed by atoms with Gasteiger partial charge in [0.25, 0.3) is 0 Å². The molecule has 18 heavy (non-hydrogen) atoms. The number of aliphatic hydroxyl groups excluding tert-OH is 1. The molecule has 0 saturated heterocycles. The van der Waals surface area contributed by atoms with E-state index in [0.29, 0.717) is 11.1 Å². The Morgan fingerprint density at radius 2 is 2.22 bits per heavy atom. The summed E-state index contributed by atoms with van der Waals surface area (Å²) in [6, 6.07) is 5.98. The molecule has 0 aliphatic heterocycles. The van der Waals surface area contributed by atoms with E-state index in [1.54, 1.807) is 31.3 Å². The van der Waals surface area contributed by atoms with Crippen LogP contribution in [0.4, 0.5) is 4.39 Å². The Balaban J connectivity index is 2.47. The number of likely N-dealkylation sites (N-methyl/N-ethyl adjacent to an activating group) is 1. The zero-order valence-corrected chi connectivity index (χ0v) is 10.1. The number of nitrogens with one attached hydrogen (secondary N) is 1. The molecule has 2 unspecified atom stereocenters. The van der Waals surface area contributed by atoms with Crippen LogP contribution in [0.25, 0.3) is 11.0 Å².